The van der Waals surface area contributed by atoms with Crippen molar-refractivity contribution in [3.63, 3.8) is 0 Å². The minimum atomic E-state index is -0.364. The highest BCUT2D eigenvalue weighted by Crippen LogP contribution is 2.18. The normalized spacial score (nSPS) is 12.2. The van der Waals surface area contributed by atoms with Crippen LogP contribution in [-0.4, -0.2) is 16.1 Å². The number of fused-ring (bicyclic) bond motifs is 1. The van der Waals surface area contributed by atoms with Gasteiger partial charge in [-0.1, -0.05) is 12.1 Å². The summed E-state index contributed by atoms with van der Waals surface area (Å²) < 4.78 is 1.71. The molecule has 1 aromatic carbocycles. The average Bonchev–Trinajstić information content (AvgIpc) is 2.54. The van der Waals surface area contributed by atoms with Gasteiger partial charge in [-0.25, -0.2) is 4.79 Å². The number of benzene rings is 1. The van der Waals surface area contributed by atoms with Gasteiger partial charge in [-0.2, -0.15) is 0 Å². The Hall–Kier alpha value is -1.55. The lowest BCUT2D eigenvalue weighted by atomic mass is 10.1. The Bertz CT molecular complexity index is 536. The van der Waals surface area contributed by atoms with E-state index in [-0.39, 0.29) is 11.2 Å². The number of hydrogen-bond acceptors (Lipinski definition) is 2. The zero-order valence-corrected chi connectivity index (χ0v) is 8.95. The first kappa shape index (κ1) is 9.98. The van der Waals surface area contributed by atoms with E-state index in [0.717, 1.165) is 11.0 Å². The smallest absolute Gasteiger partial charge is 0.327 e. The SMILES string of the molecule is CC(C)(CN)n1c(=O)[nH]c2ccccc21. The van der Waals surface area contributed by atoms with Crippen LogP contribution in [0.5, 0.6) is 0 Å². The summed E-state index contributed by atoms with van der Waals surface area (Å²) in [4.78, 5) is 14.6. The second-order valence-corrected chi connectivity index (χ2v) is 4.30. The van der Waals surface area contributed by atoms with E-state index >= 15 is 0 Å². The van der Waals surface area contributed by atoms with Crippen LogP contribution in [0.1, 0.15) is 13.8 Å². The van der Waals surface area contributed by atoms with Crippen molar-refractivity contribution in [1.82, 2.24) is 9.55 Å². The molecule has 0 fully saturated rings. The molecule has 0 aliphatic carbocycles. The largest absolute Gasteiger partial charge is 0.328 e. The first-order chi connectivity index (χ1) is 7.06. The van der Waals surface area contributed by atoms with Crippen LogP contribution in [0, 0.1) is 0 Å². The monoisotopic (exact) mass is 205 g/mol. The number of aromatic nitrogens is 2. The lowest BCUT2D eigenvalue weighted by Crippen LogP contribution is -2.40. The maximum absolute atomic E-state index is 11.8. The minimum Gasteiger partial charge on any atom is -0.328 e. The fourth-order valence-corrected chi connectivity index (χ4v) is 1.75. The molecule has 2 rings (SSSR count). The van der Waals surface area contributed by atoms with Crippen molar-refractivity contribution in [2.75, 3.05) is 6.54 Å². The van der Waals surface area contributed by atoms with Gasteiger partial charge in [0.25, 0.3) is 0 Å². The average molecular weight is 205 g/mol. The first-order valence-electron chi connectivity index (χ1n) is 4.96. The molecule has 0 aliphatic heterocycles. The number of hydrogen-bond donors (Lipinski definition) is 2. The van der Waals surface area contributed by atoms with Gasteiger partial charge in [-0.05, 0) is 26.0 Å². The van der Waals surface area contributed by atoms with E-state index in [1.54, 1.807) is 4.57 Å². The highest BCUT2D eigenvalue weighted by molar-refractivity contribution is 5.75. The molecule has 0 bridgehead atoms. The summed E-state index contributed by atoms with van der Waals surface area (Å²) in [6, 6.07) is 7.63. The fourth-order valence-electron chi connectivity index (χ4n) is 1.75. The van der Waals surface area contributed by atoms with Crippen LogP contribution in [-0.2, 0) is 5.54 Å². The summed E-state index contributed by atoms with van der Waals surface area (Å²) in [7, 11) is 0. The van der Waals surface area contributed by atoms with E-state index in [0.29, 0.717) is 6.54 Å². The van der Waals surface area contributed by atoms with E-state index < -0.39 is 0 Å². The maximum Gasteiger partial charge on any atom is 0.327 e. The van der Waals surface area contributed by atoms with Crippen LogP contribution >= 0.6 is 0 Å². The summed E-state index contributed by atoms with van der Waals surface area (Å²) in [5.74, 6) is 0. The van der Waals surface area contributed by atoms with Crippen molar-refractivity contribution >= 4 is 11.0 Å². The maximum atomic E-state index is 11.8. The van der Waals surface area contributed by atoms with Crippen molar-refractivity contribution in [1.29, 1.82) is 0 Å². The van der Waals surface area contributed by atoms with E-state index in [2.05, 4.69) is 4.98 Å². The van der Waals surface area contributed by atoms with Crippen LogP contribution < -0.4 is 11.4 Å². The molecule has 15 heavy (non-hydrogen) atoms. The van der Waals surface area contributed by atoms with Gasteiger partial charge in [0, 0.05) is 6.54 Å². The molecule has 3 N–H and O–H groups in total. The van der Waals surface area contributed by atoms with Gasteiger partial charge < -0.3 is 10.7 Å². The van der Waals surface area contributed by atoms with E-state index in [1.807, 2.05) is 38.1 Å². The molecule has 2 aromatic rings. The summed E-state index contributed by atoms with van der Waals surface area (Å²) >= 11 is 0. The van der Waals surface area contributed by atoms with Crippen molar-refractivity contribution in [3.05, 3.63) is 34.7 Å². The number of nitrogens with one attached hydrogen (secondary N) is 1. The molecule has 0 spiro atoms. The number of H-pyrrole nitrogens is 1. The minimum absolute atomic E-state index is 0.105. The standard InChI is InChI=1S/C11H15N3O/c1-11(2,7-12)14-9-6-4-3-5-8(9)13-10(14)15/h3-6H,7,12H2,1-2H3,(H,13,15). The predicted octanol–water partition coefficient (Wildman–Crippen LogP) is 1.02. The van der Waals surface area contributed by atoms with Gasteiger partial charge in [-0.3, -0.25) is 4.57 Å². The Morgan fingerprint density at radius 2 is 2.07 bits per heavy atom. The third-order valence-corrected chi connectivity index (χ3v) is 2.69. The van der Waals surface area contributed by atoms with Gasteiger partial charge in [0.1, 0.15) is 0 Å². The first-order valence-corrected chi connectivity index (χ1v) is 4.96. The summed E-state index contributed by atoms with van der Waals surface area (Å²) in [5, 5.41) is 0. The Kier molecular flexibility index (Phi) is 2.16. The molecule has 80 valence electrons. The van der Waals surface area contributed by atoms with Gasteiger partial charge in [0.2, 0.25) is 0 Å². The predicted molar refractivity (Wildman–Crippen MR) is 60.9 cm³/mol. The third kappa shape index (κ3) is 1.47. The number of nitrogens with zero attached hydrogens (tertiary/aromatic N) is 1. The number of aromatic amines is 1. The van der Waals surface area contributed by atoms with Gasteiger partial charge >= 0.3 is 5.69 Å². The molecular weight excluding hydrogens is 190 g/mol. The molecule has 0 saturated heterocycles. The molecule has 0 atom stereocenters. The van der Waals surface area contributed by atoms with Crippen molar-refractivity contribution < 1.29 is 0 Å². The van der Waals surface area contributed by atoms with Crippen LogP contribution in [0.3, 0.4) is 0 Å². The van der Waals surface area contributed by atoms with E-state index in [9.17, 15) is 4.79 Å². The molecule has 0 unspecified atom stereocenters. The number of nitrogens with two attached hydrogens (primary N) is 1. The third-order valence-electron chi connectivity index (χ3n) is 2.69. The lowest BCUT2D eigenvalue weighted by Gasteiger charge is -2.24. The van der Waals surface area contributed by atoms with Crippen LogP contribution in [0.25, 0.3) is 11.0 Å². The topological polar surface area (TPSA) is 63.8 Å². The Labute approximate surface area is 87.7 Å². The summed E-state index contributed by atoms with van der Waals surface area (Å²) in [5.41, 5.74) is 6.97. The zero-order chi connectivity index (χ0) is 11.1. The Balaban J connectivity index is 2.80. The molecule has 4 nitrogen and oxygen atoms in total. The number of para-hydroxylation sites is 2. The Morgan fingerprint density at radius 3 is 2.73 bits per heavy atom. The van der Waals surface area contributed by atoms with Gasteiger partial charge in [0.05, 0.1) is 16.6 Å². The molecule has 0 saturated carbocycles. The summed E-state index contributed by atoms with van der Waals surface area (Å²) in [6.07, 6.45) is 0. The van der Waals surface area contributed by atoms with Crippen molar-refractivity contribution in [2.45, 2.75) is 19.4 Å². The molecule has 1 aromatic heterocycles. The second kappa shape index (κ2) is 3.24. The number of imidazole rings is 1. The fraction of sp³-hybridized carbons (Fsp3) is 0.364. The number of rotatable bonds is 2. The Morgan fingerprint density at radius 1 is 1.40 bits per heavy atom. The van der Waals surface area contributed by atoms with Gasteiger partial charge in [-0.15, -0.1) is 0 Å². The molecule has 4 heteroatoms. The van der Waals surface area contributed by atoms with Crippen LogP contribution in [0.4, 0.5) is 0 Å². The van der Waals surface area contributed by atoms with Crippen molar-refractivity contribution in [3.8, 4) is 0 Å². The second-order valence-electron chi connectivity index (χ2n) is 4.30. The molecule has 0 radical (unpaired) electrons. The summed E-state index contributed by atoms with van der Waals surface area (Å²) in [6.45, 7) is 4.33. The lowest BCUT2D eigenvalue weighted by molar-refractivity contribution is 0.367. The molecule has 1 heterocycles. The zero-order valence-electron chi connectivity index (χ0n) is 8.95. The quantitative estimate of drug-likeness (QED) is 0.769. The van der Waals surface area contributed by atoms with Crippen molar-refractivity contribution in [2.24, 2.45) is 5.73 Å². The molecule has 0 aliphatic rings. The highest BCUT2D eigenvalue weighted by atomic mass is 16.1. The van der Waals surface area contributed by atoms with Crippen LogP contribution in [0.2, 0.25) is 0 Å². The highest BCUT2D eigenvalue weighted by Gasteiger charge is 2.22. The molecular formula is C11H15N3O. The van der Waals surface area contributed by atoms with Gasteiger partial charge in [0.15, 0.2) is 0 Å². The molecule has 0 amide bonds. The van der Waals surface area contributed by atoms with E-state index in [1.165, 1.54) is 0 Å². The van der Waals surface area contributed by atoms with E-state index in [4.69, 9.17) is 5.73 Å². The van der Waals surface area contributed by atoms with Crippen LogP contribution in [0.15, 0.2) is 29.1 Å².